The molecule has 0 atom stereocenters. The fraction of sp³-hybridized carbons (Fsp3) is 0.389. The van der Waals surface area contributed by atoms with Crippen LogP contribution in [-0.4, -0.2) is 48.8 Å². The second kappa shape index (κ2) is 7.51. The van der Waals surface area contributed by atoms with Crippen LogP contribution in [0.3, 0.4) is 0 Å². The van der Waals surface area contributed by atoms with Gasteiger partial charge >= 0.3 is 0 Å². The number of sulfonamides is 1. The average Bonchev–Trinajstić information content (AvgIpc) is 2.56. The van der Waals surface area contributed by atoms with E-state index in [2.05, 4.69) is 0 Å². The van der Waals surface area contributed by atoms with Crippen LogP contribution in [0.1, 0.15) is 5.69 Å². The van der Waals surface area contributed by atoms with E-state index in [1.54, 1.807) is 25.2 Å². The minimum Gasteiger partial charge on any atom is -0.492 e. The van der Waals surface area contributed by atoms with Gasteiger partial charge in [-0.25, -0.2) is 8.42 Å². The van der Waals surface area contributed by atoms with Crippen molar-refractivity contribution >= 4 is 10.0 Å². The highest BCUT2D eigenvalue weighted by atomic mass is 32.2. The second-order valence-electron chi connectivity index (χ2n) is 6.26. The predicted molar refractivity (Wildman–Crippen MR) is 98.1 cm³/mol. The van der Waals surface area contributed by atoms with Crippen LogP contribution in [-0.2, 0) is 17.1 Å². The summed E-state index contributed by atoms with van der Waals surface area (Å²) in [6.45, 7) is 2.48. The monoisotopic (exact) mass is 378 g/mol. The number of nitrogens with zero attached hydrogens (tertiary/aromatic N) is 2. The first-order valence-electron chi connectivity index (χ1n) is 8.35. The molecule has 1 saturated heterocycles. The zero-order chi connectivity index (χ0) is 18.7. The molecular formula is C18H22N2O5S. The van der Waals surface area contributed by atoms with Crippen LogP contribution in [0.4, 0.5) is 0 Å². The highest BCUT2D eigenvalue weighted by molar-refractivity contribution is 7.89. The largest absolute Gasteiger partial charge is 0.492 e. The highest BCUT2D eigenvalue weighted by Crippen LogP contribution is 2.20. The predicted octanol–water partition coefficient (Wildman–Crippen LogP) is 1.17. The van der Waals surface area contributed by atoms with Crippen LogP contribution in [0.5, 0.6) is 11.5 Å². The van der Waals surface area contributed by atoms with Crippen molar-refractivity contribution in [1.29, 1.82) is 0 Å². The molecule has 0 unspecified atom stereocenters. The van der Waals surface area contributed by atoms with Crippen LogP contribution in [0.2, 0.25) is 0 Å². The van der Waals surface area contributed by atoms with Crippen molar-refractivity contribution in [2.24, 2.45) is 7.05 Å². The molecule has 8 heteroatoms. The van der Waals surface area contributed by atoms with Crippen LogP contribution >= 0.6 is 0 Å². The molecule has 0 N–H and O–H groups in total. The third-order valence-corrected chi connectivity index (χ3v) is 6.11. The molecule has 0 spiro atoms. The third kappa shape index (κ3) is 4.25. The fourth-order valence-electron chi connectivity index (χ4n) is 2.61. The minimum absolute atomic E-state index is 0.0837. The number of aryl methyl sites for hydroxylation is 1. The van der Waals surface area contributed by atoms with Crippen LogP contribution in [0, 0.1) is 6.92 Å². The molecule has 140 valence electrons. The van der Waals surface area contributed by atoms with Gasteiger partial charge in [0.1, 0.15) is 24.2 Å². The summed E-state index contributed by atoms with van der Waals surface area (Å²) in [6.07, 6.45) is -0.244. The number of pyridine rings is 1. The standard InChI is InChI=1S/C18H22N2O5S/c1-14-10-16(11-18(21)19(14)2)25-17-12-20(13-17)26(22,23)9-8-24-15-6-4-3-5-7-15/h3-7,10-11,17H,8-9,12-13H2,1-2H3. The van der Waals surface area contributed by atoms with E-state index < -0.39 is 10.0 Å². The molecule has 0 radical (unpaired) electrons. The normalized spacial score (nSPS) is 15.5. The maximum absolute atomic E-state index is 12.3. The van der Waals surface area contributed by atoms with Gasteiger partial charge in [-0.15, -0.1) is 0 Å². The Balaban J connectivity index is 1.48. The SMILES string of the molecule is Cc1cc(OC2CN(S(=O)(=O)CCOc3ccccc3)C2)cc(=O)n1C. The zero-order valence-corrected chi connectivity index (χ0v) is 15.6. The van der Waals surface area contributed by atoms with E-state index in [-0.39, 0.29) is 37.1 Å². The minimum atomic E-state index is -3.38. The maximum Gasteiger partial charge on any atom is 0.254 e. The molecule has 2 heterocycles. The Bertz CT molecular complexity index is 918. The number of hydrogen-bond donors (Lipinski definition) is 0. The van der Waals surface area contributed by atoms with Gasteiger partial charge in [0.25, 0.3) is 5.56 Å². The van der Waals surface area contributed by atoms with Crippen molar-refractivity contribution in [3.05, 3.63) is 58.5 Å². The molecule has 26 heavy (non-hydrogen) atoms. The lowest BCUT2D eigenvalue weighted by Gasteiger charge is -2.37. The number of ether oxygens (including phenoxy) is 2. The van der Waals surface area contributed by atoms with E-state index in [9.17, 15) is 13.2 Å². The van der Waals surface area contributed by atoms with Gasteiger partial charge in [0.2, 0.25) is 10.0 Å². The van der Waals surface area contributed by atoms with Gasteiger partial charge in [0, 0.05) is 18.8 Å². The van der Waals surface area contributed by atoms with E-state index in [0.717, 1.165) is 5.69 Å². The van der Waals surface area contributed by atoms with Gasteiger partial charge < -0.3 is 14.0 Å². The van der Waals surface area contributed by atoms with Crippen molar-refractivity contribution in [1.82, 2.24) is 8.87 Å². The zero-order valence-electron chi connectivity index (χ0n) is 14.8. The Morgan fingerprint density at radius 3 is 2.46 bits per heavy atom. The number of aromatic nitrogens is 1. The summed E-state index contributed by atoms with van der Waals surface area (Å²) in [5.74, 6) is 1.04. The van der Waals surface area contributed by atoms with Crippen LogP contribution < -0.4 is 15.0 Å². The lowest BCUT2D eigenvalue weighted by Crippen LogP contribution is -2.56. The molecule has 1 aliphatic heterocycles. The number of rotatable bonds is 7. The Kier molecular flexibility index (Phi) is 5.33. The first-order valence-corrected chi connectivity index (χ1v) is 9.96. The van der Waals surface area contributed by atoms with Gasteiger partial charge in [0.15, 0.2) is 0 Å². The lowest BCUT2D eigenvalue weighted by atomic mass is 10.2. The first kappa shape index (κ1) is 18.5. The Morgan fingerprint density at radius 1 is 1.12 bits per heavy atom. The van der Waals surface area contributed by atoms with Crippen LogP contribution in [0.15, 0.2) is 47.3 Å². The van der Waals surface area contributed by atoms with Gasteiger partial charge in [0.05, 0.1) is 18.8 Å². The lowest BCUT2D eigenvalue weighted by molar-refractivity contribution is 0.0756. The molecule has 1 fully saturated rings. The average molecular weight is 378 g/mol. The molecular weight excluding hydrogens is 356 g/mol. The molecule has 1 aromatic carbocycles. The van der Waals surface area contributed by atoms with Gasteiger partial charge in [-0.1, -0.05) is 18.2 Å². The molecule has 0 saturated carbocycles. The van der Waals surface area contributed by atoms with Gasteiger partial charge in [-0.2, -0.15) is 4.31 Å². The number of para-hydroxylation sites is 1. The Hall–Kier alpha value is -2.32. The van der Waals surface area contributed by atoms with Crippen LogP contribution in [0.25, 0.3) is 0 Å². The topological polar surface area (TPSA) is 77.8 Å². The van der Waals surface area contributed by atoms with E-state index >= 15 is 0 Å². The fourth-order valence-corrected chi connectivity index (χ4v) is 3.95. The van der Waals surface area contributed by atoms with E-state index in [4.69, 9.17) is 9.47 Å². The summed E-state index contributed by atoms with van der Waals surface area (Å²) in [5.41, 5.74) is 0.635. The van der Waals surface area contributed by atoms with Gasteiger partial charge in [-0.3, -0.25) is 4.79 Å². The molecule has 0 amide bonds. The Morgan fingerprint density at radius 2 is 1.81 bits per heavy atom. The first-order chi connectivity index (χ1) is 12.3. The summed E-state index contributed by atoms with van der Waals surface area (Å²) in [7, 11) is -1.69. The van der Waals surface area contributed by atoms with Crippen molar-refractivity contribution in [2.45, 2.75) is 13.0 Å². The molecule has 0 aliphatic carbocycles. The summed E-state index contributed by atoms with van der Waals surface area (Å²) < 4.78 is 38.6. The van der Waals surface area contributed by atoms with Crippen molar-refractivity contribution in [3.8, 4) is 11.5 Å². The second-order valence-corrected chi connectivity index (χ2v) is 8.35. The third-order valence-electron chi connectivity index (χ3n) is 4.34. The quantitative estimate of drug-likeness (QED) is 0.723. The number of benzene rings is 1. The maximum atomic E-state index is 12.3. The highest BCUT2D eigenvalue weighted by Gasteiger charge is 2.37. The van der Waals surface area contributed by atoms with Crippen molar-refractivity contribution < 1.29 is 17.9 Å². The van der Waals surface area contributed by atoms with Crippen molar-refractivity contribution in [2.75, 3.05) is 25.4 Å². The molecule has 1 aliphatic rings. The molecule has 7 nitrogen and oxygen atoms in total. The molecule has 3 rings (SSSR count). The van der Waals surface area contributed by atoms with Crippen molar-refractivity contribution in [3.63, 3.8) is 0 Å². The molecule has 1 aromatic heterocycles. The van der Waals surface area contributed by atoms with E-state index in [1.165, 1.54) is 14.9 Å². The summed E-state index contributed by atoms with van der Waals surface area (Å²) >= 11 is 0. The summed E-state index contributed by atoms with van der Waals surface area (Å²) in [6, 6.07) is 12.3. The van der Waals surface area contributed by atoms with E-state index in [0.29, 0.717) is 11.5 Å². The molecule has 0 bridgehead atoms. The Labute approximate surface area is 152 Å². The molecule has 2 aromatic rings. The summed E-state index contributed by atoms with van der Waals surface area (Å²) in [4.78, 5) is 11.8. The van der Waals surface area contributed by atoms with Gasteiger partial charge in [-0.05, 0) is 25.1 Å². The number of hydrogen-bond acceptors (Lipinski definition) is 5. The van der Waals surface area contributed by atoms with E-state index in [1.807, 2.05) is 25.1 Å². The summed E-state index contributed by atoms with van der Waals surface area (Å²) in [5, 5.41) is 0. The smallest absolute Gasteiger partial charge is 0.254 e.